The molecule has 102 valence electrons. The van der Waals surface area contributed by atoms with Gasteiger partial charge in [0.1, 0.15) is 17.4 Å². The van der Waals surface area contributed by atoms with Crippen molar-refractivity contribution in [3.63, 3.8) is 0 Å². The van der Waals surface area contributed by atoms with Crippen LogP contribution in [-0.4, -0.2) is 17.4 Å². The van der Waals surface area contributed by atoms with Gasteiger partial charge in [-0.05, 0) is 12.1 Å². The van der Waals surface area contributed by atoms with Crippen molar-refractivity contribution < 1.29 is 36.6 Å². The summed E-state index contributed by atoms with van der Waals surface area (Å²) < 4.78 is 64.4. The van der Waals surface area contributed by atoms with Gasteiger partial charge in [-0.1, -0.05) is 0 Å². The molecule has 0 saturated heterocycles. The number of hydrogen-bond acceptors (Lipinski definition) is 3. The van der Waals surface area contributed by atoms with Crippen LogP contribution < -0.4 is 4.74 Å². The van der Waals surface area contributed by atoms with E-state index in [1.807, 2.05) is 0 Å². The lowest BCUT2D eigenvalue weighted by molar-refractivity contribution is -0.274. The molecule has 4 nitrogen and oxygen atoms in total. The third-order valence-corrected chi connectivity index (χ3v) is 1.94. The highest BCUT2D eigenvalue weighted by Gasteiger charge is 2.34. The maximum atomic E-state index is 12.4. The maximum absolute atomic E-state index is 12.4. The smallest absolute Gasteiger partial charge is 0.478 e. The molecule has 0 aromatic heterocycles. The number of alkyl halides is 5. The highest BCUT2D eigenvalue weighted by molar-refractivity contribution is 5.92. The van der Waals surface area contributed by atoms with Gasteiger partial charge in [-0.15, -0.1) is 13.2 Å². The molecule has 0 radical (unpaired) electrons. The molecule has 0 aliphatic rings. The number of carboxylic acid groups (broad SMARTS) is 1. The second-order valence-electron chi connectivity index (χ2n) is 3.21. The van der Waals surface area contributed by atoms with E-state index in [0.29, 0.717) is 6.07 Å². The monoisotopic (exact) mass is 281 g/mol. The van der Waals surface area contributed by atoms with Gasteiger partial charge < -0.3 is 9.84 Å². The Morgan fingerprint density at radius 2 is 1.95 bits per heavy atom. The summed E-state index contributed by atoms with van der Waals surface area (Å²) in [6, 6.07) is 1.89. The summed E-state index contributed by atoms with van der Waals surface area (Å²) >= 11 is 0. The second-order valence-corrected chi connectivity index (χ2v) is 3.21. The molecular weight excluding hydrogens is 277 g/mol. The first kappa shape index (κ1) is 14.7. The molecule has 1 rings (SSSR count). The topological polar surface area (TPSA) is 70.3 Å². The zero-order valence-electron chi connectivity index (χ0n) is 8.83. The standard InChI is InChI=1S/C10H4F5NO3/c11-8(12)4-1-5(9(17)18)6(3-16)7(2-4)19-10(13,14)15/h1-2,8H,(H,17,18). The van der Waals surface area contributed by atoms with E-state index in [9.17, 15) is 26.7 Å². The number of ether oxygens (including phenoxy) is 1. The van der Waals surface area contributed by atoms with Crippen LogP contribution in [0.5, 0.6) is 5.75 Å². The third kappa shape index (κ3) is 3.54. The van der Waals surface area contributed by atoms with Crippen LogP contribution in [0.25, 0.3) is 0 Å². The molecule has 0 spiro atoms. The Labute approximate surface area is 102 Å². The minimum atomic E-state index is -5.23. The van der Waals surface area contributed by atoms with Crippen LogP contribution >= 0.6 is 0 Å². The summed E-state index contributed by atoms with van der Waals surface area (Å²) in [7, 11) is 0. The predicted molar refractivity (Wildman–Crippen MR) is 49.8 cm³/mol. The number of nitriles is 1. The van der Waals surface area contributed by atoms with Gasteiger partial charge in [0, 0.05) is 5.56 Å². The molecule has 19 heavy (non-hydrogen) atoms. The van der Waals surface area contributed by atoms with Crippen molar-refractivity contribution in [3.8, 4) is 11.8 Å². The number of carboxylic acids is 1. The zero-order valence-corrected chi connectivity index (χ0v) is 8.83. The van der Waals surface area contributed by atoms with Crippen molar-refractivity contribution in [2.24, 2.45) is 0 Å². The Morgan fingerprint density at radius 1 is 1.37 bits per heavy atom. The van der Waals surface area contributed by atoms with E-state index in [1.165, 1.54) is 6.07 Å². The fourth-order valence-corrected chi connectivity index (χ4v) is 1.25. The summed E-state index contributed by atoms with van der Waals surface area (Å²) in [5.41, 5.74) is -2.95. The van der Waals surface area contributed by atoms with Crippen molar-refractivity contribution in [1.82, 2.24) is 0 Å². The minimum Gasteiger partial charge on any atom is -0.478 e. The van der Waals surface area contributed by atoms with E-state index < -0.39 is 41.2 Å². The second kappa shape index (κ2) is 5.09. The molecule has 0 heterocycles. The van der Waals surface area contributed by atoms with Gasteiger partial charge >= 0.3 is 12.3 Å². The quantitative estimate of drug-likeness (QED) is 0.864. The van der Waals surface area contributed by atoms with Gasteiger partial charge in [0.25, 0.3) is 6.43 Å². The Bertz CT molecular complexity index is 547. The van der Waals surface area contributed by atoms with Crippen LogP contribution in [-0.2, 0) is 0 Å². The van der Waals surface area contributed by atoms with E-state index in [1.54, 1.807) is 0 Å². The van der Waals surface area contributed by atoms with Crippen molar-refractivity contribution in [2.45, 2.75) is 12.8 Å². The van der Waals surface area contributed by atoms with Gasteiger partial charge in [-0.2, -0.15) is 5.26 Å². The summed E-state index contributed by atoms with van der Waals surface area (Å²) in [4.78, 5) is 10.7. The Balaban J connectivity index is 3.50. The van der Waals surface area contributed by atoms with Gasteiger partial charge in [0.05, 0.1) is 5.56 Å². The summed E-state index contributed by atoms with van der Waals surface area (Å²) in [5, 5.41) is 17.3. The Hall–Kier alpha value is -2.37. The van der Waals surface area contributed by atoms with E-state index in [4.69, 9.17) is 10.4 Å². The van der Waals surface area contributed by atoms with Crippen molar-refractivity contribution >= 4 is 5.97 Å². The maximum Gasteiger partial charge on any atom is 0.573 e. The lowest BCUT2D eigenvalue weighted by Crippen LogP contribution is -2.19. The SMILES string of the molecule is N#Cc1c(OC(F)(F)F)cc(C(F)F)cc1C(=O)O. The average Bonchev–Trinajstić information content (AvgIpc) is 2.25. The number of aromatic carboxylic acids is 1. The minimum absolute atomic E-state index is 0.281. The summed E-state index contributed by atoms with van der Waals surface area (Å²) in [6.45, 7) is 0. The zero-order chi connectivity index (χ0) is 14.8. The van der Waals surface area contributed by atoms with E-state index >= 15 is 0 Å². The molecule has 0 unspecified atom stereocenters. The van der Waals surface area contributed by atoms with Gasteiger partial charge in [-0.3, -0.25) is 0 Å². The molecular formula is C10H4F5NO3. The summed E-state index contributed by atoms with van der Waals surface area (Å²) in [6.07, 6.45) is -8.44. The van der Waals surface area contributed by atoms with Crippen molar-refractivity contribution in [2.75, 3.05) is 0 Å². The van der Waals surface area contributed by atoms with Gasteiger partial charge in [0.15, 0.2) is 0 Å². The molecule has 1 N–H and O–H groups in total. The number of nitrogens with zero attached hydrogens (tertiary/aromatic N) is 1. The molecule has 0 amide bonds. The van der Waals surface area contributed by atoms with Crippen LogP contribution in [0, 0.1) is 11.3 Å². The lowest BCUT2D eigenvalue weighted by Gasteiger charge is -2.13. The Kier molecular flexibility index (Phi) is 3.94. The molecule has 9 heteroatoms. The molecule has 0 aliphatic carbocycles. The highest BCUT2D eigenvalue weighted by Crippen LogP contribution is 2.33. The predicted octanol–water partition coefficient (Wildman–Crippen LogP) is 3.09. The van der Waals surface area contributed by atoms with Crippen LogP contribution in [0.3, 0.4) is 0 Å². The fourth-order valence-electron chi connectivity index (χ4n) is 1.25. The summed E-state index contributed by atoms with van der Waals surface area (Å²) in [5.74, 6) is -3.09. The van der Waals surface area contributed by atoms with Crippen LogP contribution in [0.4, 0.5) is 22.0 Å². The van der Waals surface area contributed by atoms with E-state index in [2.05, 4.69) is 4.74 Å². The molecule has 0 atom stereocenters. The number of rotatable bonds is 3. The number of hydrogen-bond donors (Lipinski definition) is 1. The number of carbonyl (C=O) groups is 1. The Morgan fingerprint density at radius 3 is 2.32 bits per heavy atom. The molecule has 0 saturated carbocycles. The van der Waals surface area contributed by atoms with Gasteiger partial charge in [-0.25, -0.2) is 13.6 Å². The normalized spacial score (nSPS) is 11.2. The lowest BCUT2D eigenvalue weighted by atomic mass is 10.0. The first-order chi connectivity index (χ1) is 8.65. The van der Waals surface area contributed by atoms with Crippen molar-refractivity contribution in [3.05, 3.63) is 28.8 Å². The average molecular weight is 281 g/mol. The van der Waals surface area contributed by atoms with Crippen LogP contribution in [0.15, 0.2) is 12.1 Å². The third-order valence-electron chi connectivity index (χ3n) is 1.94. The number of halogens is 5. The van der Waals surface area contributed by atoms with Crippen molar-refractivity contribution in [1.29, 1.82) is 5.26 Å². The van der Waals surface area contributed by atoms with Gasteiger partial charge in [0.2, 0.25) is 0 Å². The molecule has 0 bridgehead atoms. The molecule has 1 aromatic rings. The highest BCUT2D eigenvalue weighted by atomic mass is 19.4. The molecule has 0 aliphatic heterocycles. The fraction of sp³-hybridized carbons (Fsp3) is 0.200. The molecule has 0 fully saturated rings. The largest absolute Gasteiger partial charge is 0.573 e. The first-order valence-electron chi connectivity index (χ1n) is 4.51. The van der Waals surface area contributed by atoms with Crippen LogP contribution in [0.2, 0.25) is 0 Å². The van der Waals surface area contributed by atoms with Crippen LogP contribution in [0.1, 0.15) is 27.9 Å². The molecule has 1 aromatic carbocycles. The van der Waals surface area contributed by atoms with E-state index in [0.717, 1.165) is 0 Å². The number of benzene rings is 1. The van der Waals surface area contributed by atoms with E-state index in [-0.39, 0.29) is 6.07 Å². The first-order valence-corrected chi connectivity index (χ1v) is 4.51.